The van der Waals surface area contributed by atoms with E-state index in [0.717, 1.165) is 4.68 Å². The third kappa shape index (κ3) is 6.17. The summed E-state index contributed by atoms with van der Waals surface area (Å²) in [6.45, 7) is 4.92. The largest absolute Gasteiger partial charge is 0.481 e. The number of nitrogens with one attached hydrogen (secondary N) is 1. The average Bonchev–Trinajstić information content (AvgIpc) is 3.14. The Morgan fingerprint density at radius 3 is 2.63 bits per heavy atom. The van der Waals surface area contributed by atoms with Crippen LogP contribution in [0.4, 0.5) is 4.39 Å². The second kappa shape index (κ2) is 10.4. The molecule has 13 heteroatoms. The predicted octanol–water partition coefficient (Wildman–Crippen LogP) is 2.31. The molecule has 0 atom stereocenters. The molecule has 0 fully saturated rings. The summed E-state index contributed by atoms with van der Waals surface area (Å²) >= 11 is 0.648. The van der Waals surface area contributed by atoms with Gasteiger partial charge in [0.1, 0.15) is 5.82 Å². The van der Waals surface area contributed by atoms with Crippen molar-refractivity contribution in [1.29, 1.82) is 0 Å². The Hall–Kier alpha value is -3.45. The topological polar surface area (TPSA) is 133 Å². The molecule has 1 aromatic carbocycles. The lowest BCUT2D eigenvalue weighted by molar-refractivity contribution is -0.118. The highest BCUT2D eigenvalue weighted by atomic mass is 32.2. The summed E-state index contributed by atoms with van der Waals surface area (Å²) in [6, 6.07) is 5.87. The number of methoxy groups -OCH3 is 1. The molecule has 186 valence electrons. The van der Waals surface area contributed by atoms with Crippen molar-refractivity contribution < 1.29 is 27.1 Å². The highest BCUT2D eigenvalue weighted by Crippen LogP contribution is 2.33. The molecule has 3 rings (SSSR count). The lowest BCUT2D eigenvalue weighted by atomic mass is 9.88. The molecular formula is C22H24FN5O5S2. The molecule has 0 spiro atoms. The van der Waals surface area contributed by atoms with Crippen LogP contribution in [-0.4, -0.2) is 42.1 Å². The van der Waals surface area contributed by atoms with E-state index in [4.69, 9.17) is 4.74 Å². The van der Waals surface area contributed by atoms with Gasteiger partial charge in [-0.05, 0) is 46.4 Å². The Morgan fingerprint density at radius 1 is 1.29 bits per heavy atom. The average molecular weight is 522 g/mol. The summed E-state index contributed by atoms with van der Waals surface area (Å²) in [5, 5.41) is 3.85. The molecule has 0 saturated carbocycles. The number of aryl methyl sites for hydroxylation is 1. The van der Waals surface area contributed by atoms with Gasteiger partial charge >= 0.3 is 0 Å². The van der Waals surface area contributed by atoms with Crippen LogP contribution in [0.15, 0.2) is 39.8 Å². The number of benzene rings is 1. The van der Waals surface area contributed by atoms with Gasteiger partial charge in [-0.1, -0.05) is 25.2 Å². The lowest BCUT2D eigenvalue weighted by Gasteiger charge is -2.18. The molecule has 2 heterocycles. The molecule has 0 aliphatic heterocycles. The van der Waals surface area contributed by atoms with Gasteiger partial charge < -0.3 is 4.74 Å². The molecule has 0 bridgehead atoms. The zero-order valence-corrected chi connectivity index (χ0v) is 21.3. The number of halogens is 1. The first-order valence-corrected chi connectivity index (χ1v) is 12.7. The Kier molecular flexibility index (Phi) is 7.80. The SMILES string of the molecule is COc1cc(-c2cc(F)cc(C(C)C)c2CC(=O)NS(=O)(=O)c2nn(C)/c(=N\C(C)=O)s2)ccn1. The van der Waals surface area contributed by atoms with Gasteiger partial charge in [-0.15, -0.1) is 5.10 Å². The Labute approximate surface area is 205 Å². The maximum atomic E-state index is 14.5. The molecule has 1 N–H and O–H groups in total. The molecule has 0 unspecified atom stereocenters. The molecule has 0 saturated heterocycles. The maximum Gasteiger partial charge on any atom is 0.293 e. The van der Waals surface area contributed by atoms with Crippen LogP contribution in [0, 0.1) is 5.82 Å². The van der Waals surface area contributed by atoms with Crippen molar-refractivity contribution in [2.24, 2.45) is 12.0 Å². The molecule has 0 aliphatic rings. The third-order valence-electron chi connectivity index (χ3n) is 4.88. The Balaban J connectivity index is 2.00. The van der Waals surface area contributed by atoms with Gasteiger partial charge in [0.2, 0.25) is 22.5 Å². The van der Waals surface area contributed by atoms with Gasteiger partial charge in [0.15, 0.2) is 0 Å². The summed E-state index contributed by atoms with van der Waals surface area (Å²) in [4.78, 5) is 32.0. The second-order valence-electron chi connectivity index (χ2n) is 7.87. The summed E-state index contributed by atoms with van der Waals surface area (Å²) < 4.78 is 48.0. The number of sulfonamides is 1. The molecule has 3 aromatic rings. The van der Waals surface area contributed by atoms with Gasteiger partial charge in [0.05, 0.1) is 13.5 Å². The van der Waals surface area contributed by atoms with Crippen LogP contribution in [0.2, 0.25) is 0 Å². The summed E-state index contributed by atoms with van der Waals surface area (Å²) in [7, 11) is -1.45. The molecule has 2 amide bonds. The molecule has 10 nitrogen and oxygen atoms in total. The summed E-state index contributed by atoms with van der Waals surface area (Å²) in [5.41, 5.74) is 2.02. The number of nitrogens with zero attached hydrogens (tertiary/aromatic N) is 4. The van der Waals surface area contributed by atoms with Gasteiger partial charge in [0.25, 0.3) is 14.4 Å². The van der Waals surface area contributed by atoms with Crippen molar-refractivity contribution in [2.75, 3.05) is 7.11 Å². The minimum atomic E-state index is -4.33. The highest BCUT2D eigenvalue weighted by molar-refractivity contribution is 7.92. The van der Waals surface area contributed by atoms with Gasteiger partial charge in [-0.2, -0.15) is 13.4 Å². The van der Waals surface area contributed by atoms with Crippen molar-refractivity contribution in [1.82, 2.24) is 19.5 Å². The smallest absolute Gasteiger partial charge is 0.293 e. The van der Waals surface area contributed by atoms with Crippen LogP contribution in [0.1, 0.15) is 37.8 Å². The number of ether oxygens (including phenoxy) is 1. The zero-order chi connectivity index (χ0) is 25.9. The minimum Gasteiger partial charge on any atom is -0.481 e. The number of rotatable bonds is 7. The number of carbonyl (C=O) groups excluding carboxylic acids is 2. The molecular weight excluding hydrogens is 497 g/mol. The maximum absolute atomic E-state index is 14.5. The van der Waals surface area contributed by atoms with Gasteiger partial charge in [-0.3, -0.25) is 9.59 Å². The number of hydrogen-bond donors (Lipinski definition) is 1. The van der Waals surface area contributed by atoms with E-state index < -0.39 is 32.0 Å². The van der Waals surface area contributed by atoms with E-state index in [9.17, 15) is 22.4 Å². The van der Waals surface area contributed by atoms with Crippen molar-refractivity contribution in [2.45, 2.75) is 37.4 Å². The quantitative estimate of drug-likeness (QED) is 0.504. The van der Waals surface area contributed by atoms with Crippen molar-refractivity contribution in [3.63, 3.8) is 0 Å². The van der Waals surface area contributed by atoms with E-state index >= 15 is 0 Å². The molecule has 0 aliphatic carbocycles. The molecule has 2 aromatic heterocycles. The van der Waals surface area contributed by atoms with Crippen LogP contribution in [0.3, 0.4) is 0 Å². The fraction of sp³-hybridized carbons (Fsp3) is 0.318. The number of hydrogen-bond acceptors (Lipinski definition) is 8. The third-order valence-corrected chi connectivity index (χ3v) is 7.62. The number of carbonyl (C=O) groups is 2. The van der Waals surface area contributed by atoms with E-state index in [1.165, 1.54) is 39.4 Å². The highest BCUT2D eigenvalue weighted by Gasteiger charge is 2.25. The first-order chi connectivity index (χ1) is 16.4. The fourth-order valence-corrected chi connectivity index (χ4v) is 5.52. The van der Waals surface area contributed by atoms with Crippen LogP contribution >= 0.6 is 11.3 Å². The predicted molar refractivity (Wildman–Crippen MR) is 127 cm³/mol. The summed E-state index contributed by atoms with van der Waals surface area (Å²) in [6.07, 6.45) is 1.16. The van der Waals surface area contributed by atoms with Crippen LogP contribution < -0.4 is 14.3 Å². The number of amides is 2. The van der Waals surface area contributed by atoms with Gasteiger partial charge in [-0.25, -0.2) is 18.8 Å². The summed E-state index contributed by atoms with van der Waals surface area (Å²) in [5.74, 6) is -1.69. The van der Waals surface area contributed by atoms with Crippen molar-refractivity contribution in [3.8, 4) is 17.0 Å². The minimum absolute atomic E-state index is 0.0693. The van der Waals surface area contributed by atoms with E-state index in [-0.39, 0.29) is 17.1 Å². The number of pyridine rings is 1. The Bertz CT molecular complexity index is 1460. The Morgan fingerprint density at radius 2 is 2.00 bits per heavy atom. The standard InChI is InChI=1S/C22H24FN5O5S2/c1-12(2)16-9-15(23)10-17(14-6-7-24-20(8-14)33-5)18(16)11-19(30)27-35(31,32)22-26-28(4)21(34-22)25-13(3)29/h6-10,12H,11H2,1-5H3,(H,27,30)/b25-21+. The van der Waals surface area contributed by atoms with Crippen LogP contribution in [0.25, 0.3) is 11.1 Å². The van der Waals surface area contributed by atoms with E-state index in [0.29, 0.717) is 39.5 Å². The first kappa shape index (κ1) is 26.2. The van der Waals surface area contributed by atoms with Crippen LogP contribution in [-0.2, 0) is 33.1 Å². The van der Waals surface area contributed by atoms with Crippen molar-refractivity contribution >= 4 is 33.2 Å². The second-order valence-corrected chi connectivity index (χ2v) is 10.7. The molecule has 0 radical (unpaired) electrons. The first-order valence-electron chi connectivity index (χ1n) is 10.4. The van der Waals surface area contributed by atoms with Crippen molar-refractivity contribution in [3.05, 3.63) is 52.2 Å². The zero-order valence-electron chi connectivity index (χ0n) is 19.7. The van der Waals surface area contributed by atoms with E-state index in [1.54, 1.807) is 12.1 Å². The monoisotopic (exact) mass is 521 g/mol. The van der Waals surface area contributed by atoms with Gasteiger partial charge in [0, 0.05) is 26.2 Å². The van der Waals surface area contributed by atoms with E-state index in [1.807, 2.05) is 18.6 Å². The van der Waals surface area contributed by atoms with E-state index in [2.05, 4.69) is 15.1 Å². The molecule has 35 heavy (non-hydrogen) atoms. The number of aromatic nitrogens is 3. The fourth-order valence-electron chi connectivity index (χ4n) is 3.37. The normalized spacial score (nSPS) is 12.1. The lowest BCUT2D eigenvalue weighted by Crippen LogP contribution is -2.32. The van der Waals surface area contributed by atoms with Crippen LogP contribution in [0.5, 0.6) is 5.88 Å².